The number of alkyl halides is 6. The summed E-state index contributed by atoms with van der Waals surface area (Å²) >= 11 is 0. The molecule has 0 unspecified atom stereocenters. The number of nitrogens with one attached hydrogen (secondary N) is 2. The van der Waals surface area contributed by atoms with Crippen LogP contribution in [-0.4, -0.2) is 34.3 Å². The maximum atomic E-state index is 12.5. The molecule has 0 spiro atoms. The predicted molar refractivity (Wildman–Crippen MR) is 80.7 cm³/mol. The van der Waals surface area contributed by atoms with Gasteiger partial charge in [-0.15, -0.1) is 0 Å². The zero-order valence-electron chi connectivity index (χ0n) is 13.4. The molecule has 6 nitrogen and oxygen atoms in total. The van der Waals surface area contributed by atoms with E-state index in [1.165, 1.54) is 24.3 Å². The van der Waals surface area contributed by atoms with Crippen LogP contribution in [-0.2, 0) is 17.5 Å². The quantitative estimate of drug-likeness (QED) is 0.766. The van der Waals surface area contributed by atoms with Gasteiger partial charge in [-0.1, -0.05) is 12.1 Å². The molecule has 146 valence electrons. The predicted octanol–water partition coefficient (Wildman–Crippen LogP) is 2.83. The standard InChI is InChI=1S/C15H12F6N4O2/c16-14(17,18)8-22-13(27)9-3-1-2-4-10(9)23-12(26)7-25-6-5-11(24-25)15(19,20)21/h1-6H,7-8H2,(H,22,27)(H,23,26). The third-order valence-electron chi connectivity index (χ3n) is 3.13. The van der Waals surface area contributed by atoms with Crippen molar-refractivity contribution in [2.75, 3.05) is 11.9 Å². The fraction of sp³-hybridized carbons (Fsp3) is 0.267. The van der Waals surface area contributed by atoms with Gasteiger partial charge in [0.05, 0.1) is 11.3 Å². The number of rotatable bonds is 5. The summed E-state index contributed by atoms with van der Waals surface area (Å²) in [4.78, 5) is 23.8. The van der Waals surface area contributed by atoms with Crippen molar-refractivity contribution in [1.29, 1.82) is 0 Å². The summed E-state index contributed by atoms with van der Waals surface area (Å²) in [7, 11) is 0. The number of hydrogen-bond acceptors (Lipinski definition) is 3. The molecule has 0 atom stereocenters. The maximum absolute atomic E-state index is 12.5. The SMILES string of the molecule is O=C(Cn1ccc(C(F)(F)F)n1)Nc1ccccc1C(=O)NCC(F)(F)F. The Hall–Kier alpha value is -3.05. The summed E-state index contributed by atoms with van der Waals surface area (Å²) in [5, 5.41) is 7.13. The lowest BCUT2D eigenvalue weighted by Gasteiger charge is -2.12. The second-order valence-corrected chi connectivity index (χ2v) is 5.29. The van der Waals surface area contributed by atoms with E-state index in [0.717, 1.165) is 10.9 Å². The van der Waals surface area contributed by atoms with Crippen LogP contribution in [0.2, 0.25) is 0 Å². The summed E-state index contributed by atoms with van der Waals surface area (Å²) in [5.41, 5.74) is -1.50. The molecule has 12 heteroatoms. The van der Waals surface area contributed by atoms with Crippen LogP contribution in [0.25, 0.3) is 0 Å². The monoisotopic (exact) mass is 394 g/mol. The number of anilines is 1. The Labute approximate surface area is 148 Å². The second kappa shape index (κ2) is 7.68. The molecule has 0 aliphatic rings. The molecular formula is C15H12F6N4O2. The average molecular weight is 394 g/mol. The lowest BCUT2D eigenvalue weighted by molar-refractivity contribution is -0.141. The molecule has 0 saturated heterocycles. The van der Waals surface area contributed by atoms with Gasteiger partial charge in [-0.2, -0.15) is 31.4 Å². The summed E-state index contributed by atoms with van der Waals surface area (Å²) < 4.78 is 74.8. The van der Waals surface area contributed by atoms with Gasteiger partial charge in [-0.3, -0.25) is 14.3 Å². The molecule has 0 aliphatic heterocycles. The number of carbonyl (C=O) groups is 2. The average Bonchev–Trinajstić information content (AvgIpc) is 3.01. The van der Waals surface area contributed by atoms with Crippen molar-refractivity contribution in [2.45, 2.75) is 18.9 Å². The molecule has 0 radical (unpaired) electrons. The number of para-hydroxylation sites is 1. The summed E-state index contributed by atoms with van der Waals surface area (Å²) in [6, 6.07) is 5.94. The molecule has 2 N–H and O–H groups in total. The lowest BCUT2D eigenvalue weighted by Crippen LogP contribution is -2.34. The second-order valence-electron chi connectivity index (χ2n) is 5.29. The van der Waals surface area contributed by atoms with E-state index in [0.29, 0.717) is 6.07 Å². The zero-order valence-corrected chi connectivity index (χ0v) is 13.4. The highest BCUT2D eigenvalue weighted by atomic mass is 19.4. The number of carbonyl (C=O) groups excluding carboxylic acids is 2. The van der Waals surface area contributed by atoms with Crippen molar-refractivity contribution in [3.8, 4) is 0 Å². The number of benzene rings is 1. The van der Waals surface area contributed by atoms with Gasteiger partial charge in [0.1, 0.15) is 13.1 Å². The molecule has 2 aromatic rings. The van der Waals surface area contributed by atoms with E-state index in [9.17, 15) is 35.9 Å². The Morgan fingerprint density at radius 1 is 1.04 bits per heavy atom. The van der Waals surface area contributed by atoms with Crippen molar-refractivity contribution >= 4 is 17.5 Å². The molecular weight excluding hydrogens is 382 g/mol. The first kappa shape index (κ1) is 20.3. The first-order valence-corrected chi connectivity index (χ1v) is 7.30. The van der Waals surface area contributed by atoms with Gasteiger partial charge in [0.15, 0.2) is 5.69 Å². The molecule has 2 amide bonds. The van der Waals surface area contributed by atoms with E-state index in [2.05, 4.69) is 10.4 Å². The number of aromatic nitrogens is 2. The van der Waals surface area contributed by atoms with Crippen molar-refractivity contribution in [2.24, 2.45) is 0 Å². The van der Waals surface area contributed by atoms with E-state index >= 15 is 0 Å². The third-order valence-corrected chi connectivity index (χ3v) is 3.13. The lowest BCUT2D eigenvalue weighted by atomic mass is 10.1. The molecule has 0 saturated carbocycles. The van der Waals surface area contributed by atoms with Crippen LogP contribution < -0.4 is 10.6 Å². The Bertz CT molecular complexity index is 828. The van der Waals surface area contributed by atoms with Crippen LogP contribution in [0.1, 0.15) is 16.1 Å². The highest BCUT2D eigenvalue weighted by Crippen LogP contribution is 2.27. The Morgan fingerprint density at radius 2 is 1.70 bits per heavy atom. The first-order valence-electron chi connectivity index (χ1n) is 7.30. The normalized spacial score (nSPS) is 11.9. The Balaban J connectivity index is 2.05. The minimum Gasteiger partial charge on any atom is -0.343 e. The summed E-state index contributed by atoms with van der Waals surface area (Å²) in [6.07, 6.45) is -8.32. The summed E-state index contributed by atoms with van der Waals surface area (Å²) in [5.74, 6) is -1.88. The molecule has 1 heterocycles. The Morgan fingerprint density at radius 3 is 2.30 bits per heavy atom. The minimum absolute atomic E-state index is 0.0922. The van der Waals surface area contributed by atoms with Crippen LogP contribution in [0.5, 0.6) is 0 Å². The first-order chi connectivity index (χ1) is 12.5. The van der Waals surface area contributed by atoms with Gasteiger partial charge in [0, 0.05) is 6.20 Å². The van der Waals surface area contributed by atoms with Crippen molar-refractivity contribution < 1.29 is 35.9 Å². The summed E-state index contributed by atoms with van der Waals surface area (Å²) in [6.45, 7) is -2.14. The van der Waals surface area contributed by atoms with E-state index < -0.39 is 43.0 Å². The molecule has 1 aromatic carbocycles. The number of halogens is 6. The zero-order chi connectivity index (χ0) is 20.2. The molecule has 0 fully saturated rings. The van der Waals surface area contributed by atoms with E-state index in [1.807, 2.05) is 0 Å². The van der Waals surface area contributed by atoms with Crippen LogP contribution in [0, 0.1) is 0 Å². The highest BCUT2D eigenvalue weighted by Gasteiger charge is 2.33. The Kier molecular flexibility index (Phi) is 5.76. The third kappa shape index (κ3) is 6.01. The smallest absolute Gasteiger partial charge is 0.343 e. The van der Waals surface area contributed by atoms with Crippen LogP contribution in [0.3, 0.4) is 0 Å². The van der Waals surface area contributed by atoms with Gasteiger partial charge in [0.2, 0.25) is 5.91 Å². The minimum atomic E-state index is -4.66. The maximum Gasteiger partial charge on any atom is 0.435 e. The van der Waals surface area contributed by atoms with Crippen LogP contribution in [0.15, 0.2) is 36.5 Å². The van der Waals surface area contributed by atoms with Gasteiger partial charge >= 0.3 is 12.4 Å². The van der Waals surface area contributed by atoms with Crippen LogP contribution >= 0.6 is 0 Å². The highest BCUT2D eigenvalue weighted by molar-refractivity contribution is 6.03. The largest absolute Gasteiger partial charge is 0.435 e. The van der Waals surface area contributed by atoms with Gasteiger partial charge < -0.3 is 10.6 Å². The number of nitrogens with zero attached hydrogens (tertiary/aromatic N) is 2. The molecule has 27 heavy (non-hydrogen) atoms. The molecule has 0 aliphatic carbocycles. The molecule has 0 bridgehead atoms. The fourth-order valence-corrected chi connectivity index (χ4v) is 2.00. The topological polar surface area (TPSA) is 76.0 Å². The van der Waals surface area contributed by atoms with E-state index in [1.54, 1.807) is 5.32 Å². The number of hydrogen-bond donors (Lipinski definition) is 2. The fourth-order valence-electron chi connectivity index (χ4n) is 2.00. The molecule has 1 aromatic heterocycles. The van der Waals surface area contributed by atoms with E-state index in [4.69, 9.17) is 0 Å². The van der Waals surface area contributed by atoms with E-state index in [-0.39, 0.29) is 11.3 Å². The van der Waals surface area contributed by atoms with Crippen molar-refractivity contribution in [1.82, 2.24) is 15.1 Å². The van der Waals surface area contributed by atoms with Gasteiger partial charge in [-0.05, 0) is 18.2 Å². The van der Waals surface area contributed by atoms with Gasteiger partial charge in [-0.25, -0.2) is 0 Å². The molecule has 2 rings (SSSR count). The van der Waals surface area contributed by atoms with Gasteiger partial charge in [0.25, 0.3) is 5.91 Å². The number of amides is 2. The van der Waals surface area contributed by atoms with Crippen molar-refractivity contribution in [3.05, 3.63) is 47.8 Å². The van der Waals surface area contributed by atoms with Crippen molar-refractivity contribution in [3.63, 3.8) is 0 Å². The van der Waals surface area contributed by atoms with Crippen LogP contribution in [0.4, 0.5) is 32.0 Å².